The maximum Gasteiger partial charge on any atom is 0.274 e. The lowest BCUT2D eigenvalue weighted by Gasteiger charge is -2.14. The molecule has 0 radical (unpaired) electrons. The third-order valence-electron chi connectivity index (χ3n) is 4.79. The van der Waals surface area contributed by atoms with E-state index < -0.39 is 15.9 Å². The summed E-state index contributed by atoms with van der Waals surface area (Å²) in [5, 5.41) is 28.3. The maximum absolute atomic E-state index is 11.6. The van der Waals surface area contributed by atoms with Crippen molar-refractivity contribution in [1.29, 1.82) is 0 Å². The molecule has 0 amide bonds. The van der Waals surface area contributed by atoms with Gasteiger partial charge in [0.05, 0.1) is 4.92 Å². The van der Waals surface area contributed by atoms with Crippen LogP contribution in [0.25, 0.3) is 32.3 Å². The van der Waals surface area contributed by atoms with Crippen LogP contribution in [0.2, 0.25) is 0 Å². The third kappa shape index (κ3) is 2.26. The van der Waals surface area contributed by atoms with Crippen molar-refractivity contribution in [3.8, 4) is 0 Å². The molecule has 1 atom stereocenters. The van der Waals surface area contributed by atoms with Crippen molar-refractivity contribution < 1.29 is 9.85 Å². The molecule has 0 heterocycles. The standard InChI is InChI=1S/C19H14N2O4/c1-11(20(22)23)9-16-15-8-7-13-4-2-3-12-5-6-14(19(15)18(12)13)10-17(16)21(24)25/h2-8,10-11H,9H2,1H3. The summed E-state index contributed by atoms with van der Waals surface area (Å²) in [7, 11) is 0. The monoisotopic (exact) mass is 334 g/mol. The lowest BCUT2D eigenvalue weighted by molar-refractivity contribution is -0.517. The molecule has 0 saturated heterocycles. The van der Waals surface area contributed by atoms with Gasteiger partial charge in [-0.3, -0.25) is 20.2 Å². The Morgan fingerprint density at radius 1 is 0.920 bits per heavy atom. The summed E-state index contributed by atoms with van der Waals surface area (Å²) >= 11 is 0. The number of nitro groups is 2. The fraction of sp³-hybridized carbons (Fsp3) is 0.158. The Labute approximate surface area is 142 Å². The number of hydrogen-bond donors (Lipinski definition) is 0. The van der Waals surface area contributed by atoms with Crippen molar-refractivity contribution >= 4 is 38.0 Å². The molecule has 0 aliphatic carbocycles. The molecule has 0 aliphatic rings. The van der Waals surface area contributed by atoms with E-state index in [0.29, 0.717) is 5.56 Å². The van der Waals surface area contributed by atoms with Crippen molar-refractivity contribution in [2.75, 3.05) is 0 Å². The largest absolute Gasteiger partial charge is 0.274 e. The summed E-state index contributed by atoms with van der Waals surface area (Å²) in [6, 6.07) is 14.2. The van der Waals surface area contributed by atoms with E-state index in [2.05, 4.69) is 0 Å². The van der Waals surface area contributed by atoms with E-state index in [-0.39, 0.29) is 12.1 Å². The van der Waals surface area contributed by atoms with Crippen molar-refractivity contribution in [2.24, 2.45) is 0 Å². The van der Waals surface area contributed by atoms with E-state index in [1.54, 1.807) is 0 Å². The maximum atomic E-state index is 11.6. The second-order valence-electron chi connectivity index (χ2n) is 6.33. The molecule has 0 fully saturated rings. The Morgan fingerprint density at radius 3 is 2.20 bits per heavy atom. The zero-order chi connectivity index (χ0) is 17.7. The molecular weight excluding hydrogens is 320 g/mol. The summed E-state index contributed by atoms with van der Waals surface area (Å²) in [5.41, 5.74) is 0.375. The van der Waals surface area contributed by atoms with Crippen LogP contribution in [-0.4, -0.2) is 15.9 Å². The molecule has 0 saturated carbocycles. The van der Waals surface area contributed by atoms with Gasteiger partial charge in [-0.05, 0) is 32.3 Å². The van der Waals surface area contributed by atoms with Gasteiger partial charge in [0.15, 0.2) is 0 Å². The van der Waals surface area contributed by atoms with Crippen LogP contribution in [0, 0.1) is 20.2 Å². The average Bonchev–Trinajstić information content (AvgIpc) is 2.60. The molecule has 4 aromatic carbocycles. The van der Waals surface area contributed by atoms with Crippen molar-refractivity contribution in [2.45, 2.75) is 19.4 Å². The van der Waals surface area contributed by atoms with Crippen LogP contribution in [0.15, 0.2) is 48.5 Å². The van der Waals surface area contributed by atoms with Crippen LogP contribution >= 0.6 is 0 Å². The molecule has 0 spiro atoms. The Hall–Kier alpha value is -3.28. The third-order valence-corrected chi connectivity index (χ3v) is 4.79. The number of hydrogen-bond acceptors (Lipinski definition) is 4. The molecule has 0 aliphatic heterocycles. The van der Waals surface area contributed by atoms with Gasteiger partial charge in [-0.15, -0.1) is 0 Å². The Bertz CT molecular complexity index is 1140. The lowest BCUT2D eigenvalue weighted by atomic mass is 9.89. The summed E-state index contributed by atoms with van der Waals surface area (Å²) in [5.74, 6) is 0. The molecule has 6 nitrogen and oxygen atoms in total. The lowest BCUT2D eigenvalue weighted by Crippen LogP contribution is -2.18. The van der Waals surface area contributed by atoms with Crippen LogP contribution in [0.4, 0.5) is 5.69 Å². The van der Waals surface area contributed by atoms with Gasteiger partial charge in [-0.1, -0.05) is 42.5 Å². The minimum absolute atomic E-state index is 0.0253. The molecule has 1 unspecified atom stereocenters. The second-order valence-corrected chi connectivity index (χ2v) is 6.33. The molecule has 6 heteroatoms. The minimum atomic E-state index is -0.892. The van der Waals surface area contributed by atoms with E-state index in [1.807, 2.05) is 42.5 Å². The molecule has 0 N–H and O–H groups in total. The normalized spacial score (nSPS) is 12.8. The van der Waals surface area contributed by atoms with Gasteiger partial charge in [-0.2, -0.15) is 0 Å². The van der Waals surface area contributed by atoms with E-state index in [9.17, 15) is 20.2 Å². The Balaban J connectivity index is 2.15. The highest BCUT2D eigenvalue weighted by atomic mass is 16.6. The van der Waals surface area contributed by atoms with Gasteiger partial charge in [0, 0.05) is 29.9 Å². The average molecular weight is 334 g/mol. The van der Waals surface area contributed by atoms with Crippen molar-refractivity contribution in [1.82, 2.24) is 0 Å². The molecule has 4 rings (SSSR count). The molecule has 0 aromatic heterocycles. The highest BCUT2D eigenvalue weighted by Crippen LogP contribution is 2.40. The van der Waals surface area contributed by atoms with Gasteiger partial charge >= 0.3 is 0 Å². The fourth-order valence-electron chi connectivity index (χ4n) is 3.60. The summed E-state index contributed by atoms with van der Waals surface area (Å²) < 4.78 is 0. The highest BCUT2D eigenvalue weighted by Gasteiger charge is 2.25. The zero-order valence-electron chi connectivity index (χ0n) is 13.4. The fourth-order valence-corrected chi connectivity index (χ4v) is 3.60. The summed E-state index contributed by atoms with van der Waals surface area (Å²) in [6.45, 7) is 1.47. The van der Waals surface area contributed by atoms with Crippen molar-refractivity contribution in [3.63, 3.8) is 0 Å². The molecular formula is C19H14N2O4. The minimum Gasteiger partial charge on any atom is -0.264 e. The number of benzene rings is 4. The SMILES string of the molecule is CC(Cc1c([N+](=O)[O-])cc2ccc3cccc4ccc1c2c34)[N+](=O)[O-]. The van der Waals surface area contributed by atoms with Crippen LogP contribution in [0.3, 0.4) is 0 Å². The molecule has 25 heavy (non-hydrogen) atoms. The van der Waals surface area contributed by atoms with E-state index >= 15 is 0 Å². The predicted octanol–water partition coefficient (Wildman–Crippen LogP) is 4.70. The molecule has 0 bridgehead atoms. The first-order valence-corrected chi connectivity index (χ1v) is 7.94. The predicted molar refractivity (Wildman–Crippen MR) is 97.0 cm³/mol. The van der Waals surface area contributed by atoms with Gasteiger partial charge in [0.1, 0.15) is 0 Å². The Morgan fingerprint density at radius 2 is 1.56 bits per heavy atom. The van der Waals surface area contributed by atoms with Gasteiger partial charge in [0.25, 0.3) is 5.69 Å². The first-order valence-electron chi connectivity index (χ1n) is 7.94. The number of rotatable bonds is 4. The summed E-state index contributed by atoms with van der Waals surface area (Å²) in [6.07, 6.45) is 0.0253. The van der Waals surface area contributed by atoms with Crippen LogP contribution in [0.5, 0.6) is 0 Å². The number of nitro benzene ring substituents is 1. The highest BCUT2D eigenvalue weighted by molar-refractivity contribution is 6.24. The van der Waals surface area contributed by atoms with Crippen LogP contribution in [0.1, 0.15) is 12.5 Å². The summed E-state index contributed by atoms with van der Waals surface area (Å²) in [4.78, 5) is 21.8. The van der Waals surface area contributed by atoms with Crippen molar-refractivity contribution in [3.05, 3.63) is 74.3 Å². The van der Waals surface area contributed by atoms with Crippen LogP contribution in [-0.2, 0) is 6.42 Å². The van der Waals surface area contributed by atoms with E-state index in [0.717, 1.165) is 32.3 Å². The molecule has 124 valence electrons. The first kappa shape index (κ1) is 15.3. The topological polar surface area (TPSA) is 86.3 Å². The van der Waals surface area contributed by atoms with E-state index in [4.69, 9.17) is 0 Å². The van der Waals surface area contributed by atoms with Gasteiger partial charge < -0.3 is 0 Å². The molecule has 4 aromatic rings. The first-order chi connectivity index (χ1) is 12.0. The second kappa shape index (κ2) is 5.37. The van der Waals surface area contributed by atoms with Gasteiger partial charge in [-0.25, -0.2) is 0 Å². The smallest absolute Gasteiger partial charge is 0.264 e. The van der Waals surface area contributed by atoms with Gasteiger partial charge in [0.2, 0.25) is 6.04 Å². The number of nitrogens with zero attached hydrogens (tertiary/aromatic N) is 2. The zero-order valence-corrected chi connectivity index (χ0v) is 13.4. The quantitative estimate of drug-likeness (QED) is 0.307. The van der Waals surface area contributed by atoms with E-state index in [1.165, 1.54) is 13.0 Å². The Kier molecular flexibility index (Phi) is 3.28. The van der Waals surface area contributed by atoms with Crippen LogP contribution < -0.4 is 0 Å².